The molecule has 6 rings (SSSR count). The van der Waals surface area contributed by atoms with Crippen molar-refractivity contribution >= 4 is 17.5 Å². The number of hydrogen-bond donors (Lipinski definition) is 0. The fourth-order valence-electron chi connectivity index (χ4n) is 6.69. The smallest absolute Gasteiger partial charge is 0.270 e. The van der Waals surface area contributed by atoms with Gasteiger partial charge in [0, 0.05) is 30.0 Å². The van der Waals surface area contributed by atoms with Crippen molar-refractivity contribution in [2.24, 2.45) is 28.3 Å². The molecule has 1 unspecified atom stereocenters. The number of rotatable bonds is 3. The lowest BCUT2D eigenvalue weighted by atomic mass is 9.47. The monoisotopic (exact) mass is 383 g/mol. The van der Waals surface area contributed by atoms with Crippen molar-refractivity contribution in [1.29, 1.82) is 0 Å². The van der Waals surface area contributed by atoms with Gasteiger partial charge in [0.1, 0.15) is 0 Å². The molecule has 4 saturated carbocycles. The van der Waals surface area contributed by atoms with Gasteiger partial charge in [-0.1, -0.05) is 6.07 Å². The van der Waals surface area contributed by atoms with E-state index >= 15 is 0 Å². The lowest BCUT2D eigenvalue weighted by Crippen LogP contribution is -2.63. The van der Waals surface area contributed by atoms with Gasteiger partial charge >= 0.3 is 0 Å². The second-order valence-corrected chi connectivity index (χ2v) is 9.33. The number of carbonyl (C=O) groups excluding carboxylic acids is 1. The van der Waals surface area contributed by atoms with Crippen LogP contribution in [0.2, 0.25) is 0 Å². The Bertz CT molecular complexity index is 860. The Morgan fingerprint density at radius 2 is 1.82 bits per heavy atom. The summed E-state index contributed by atoms with van der Waals surface area (Å²) in [4.78, 5) is 23.3. The molecule has 5 aliphatic rings. The van der Waals surface area contributed by atoms with Gasteiger partial charge in [0.15, 0.2) is 0 Å². The Morgan fingerprint density at radius 3 is 2.36 bits per heavy atom. The summed E-state index contributed by atoms with van der Waals surface area (Å²) in [6, 6.07) is 6.27. The van der Waals surface area contributed by atoms with Gasteiger partial charge in [0.25, 0.3) is 5.69 Å². The number of non-ortho nitro benzene ring substituents is 1. The molecule has 0 saturated heterocycles. The minimum atomic E-state index is -0.838. The van der Waals surface area contributed by atoms with Crippen LogP contribution in [0.1, 0.15) is 57.9 Å². The first-order chi connectivity index (χ1) is 13.3. The van der Waals surface area contributed by atoms with Gasteiger partial charge in [-0.15, -0.1) is 5.10 Å². The molecule has 1 aromatic carbocycles. The molecule has 0 aromatic heterocycles. The van der Waals surface area contributed by atoms with E-state index in [1.54, 1.807) is 12.1 Å². The number of ether oxygens (including phenoxy) is 1. The zero-order valence-corrected chi connectivity index (χ0v) is 16.3. The molecule has 1 aromatic rings. The summed E-state index contributed by atoms with van der Waals surface area (Å²) < 4.78 is 6.46. The van der Waals surface area contributed by atoms with Crippen molar-refractivity contribution < 1.29 is 14.5 Å². The van der Waals surface area contributed by atoms with Crippen molar-refractivity contribution in [2.45, 2.75) is 58.1 Å². The first kappa shape index (κ1) is 17.6. The fourth-order valence-corrected chi connectivity index (χ4v) is 6.69. The SMILES string of the molecule is CC(=O)N1N=C(c2cccc([N+](=O)[O-])c2)OC1(C)C12CC3CC(CC(C3)C1)C2. The third-order valence-corrected chi connectivity index (χ3v) is 7.51. The number of nitrogens with zero attached hydrogens (tertiary/aromatic N) is 3. The van der Waals surface area contributed by atoms with Gasteiger partial charge in [0.2, 0.25) is 17.5 Å². The maximum absolute atomic E-state index is 12.5. The van der Waals surface area contributed by atoms with E-state index in [2.05, 4.69) is 5.10 Å². The third kappa shape index (κ3) is 2.41. The molecular formula is C21H25N3O4. The van der Waals surface area contributed by atoms with E-state index in [1.165, 1.54) is 43.3 Å². The summed E-state index contributed by atoms with van der Waals surface area (Å²) in [5.41, 5.74) is -0.413. The summed E-state index contributed by atoms with van der Waals surface area (Å²) in [7, 11) is 0. The topological polar surface area (TPSA) is 85.0 Å². The van der Waals surface area contributed by atoms with Crippen molar-refractivity contribution in [1.82, 2.24) is 5.01 Å². The average molecular weight is 383 g/mol. The maximum Gasteiger partial charge on any atom is 0.270 e. The van der Waals surface area contributed by atoms with Crippen LogP contribution in [0, 0.1) is 33.3 Å². The zero-order valence-electron chi connectivity index (χ0n) is 16.3. The van der Waals surface area contributed by atoms with Crippen molar-refractivity contribution in [3.8, 4) is 0 Å². The van der Waals surface area contributed by atoms with E-state index < -0.39 is 10.6 Å². The van der Waals surface area contributed by atoms with Crippen molar-refractivity contribution in [3.05, 3.63) is 39.9 Å². The fraction of sp³-hybridized carbons (Fsp3) is 0.619. The molecule has 0 radical (unpaired) electrons. The average Bonchev–Trinajstić information content (AvgIpc) is 3.00. The lowest BCUT2D eigenvalue weighted by molar-refractivity contribution is -0.384. The van der Waals surface area contributed by atoms with Crippen LogP contribution in [0.25, 0.3) is 0 Å². The second kappa shape index (κ2) is 5.78. The highest BCUT2D eigenvalue weighted by molar-refractivity contribution is 5.97. The standard InChI is InChI=1S/C21H25N3O4/c1-13(25)23-20(2,21-10-14-6-15(11-21)8-16(7-14)12-21)28-19(22-23)17-4-3-5-18(9-17)24(26)27/h3-5,9,14-16H,6-8,10-12H2,1-2H3. The number of nitro groups is 1. The number of hydrogen-bond acceptors (Lipinski definition) is 5. The predicted octanol–water partition coefficient (Wildman–Crippen LogP) is 4.07. The molecule has 1 heterocycles. The number of benzene rings is 1. The molecule has 28 heavy (non-hydrogen) atoms. The summed E-state index contributed by atoms with van der Waals surface area (Å²) in [5.74, 6) is 2.28. The first-order valence-electron chi connectivity index (χ1n) is 10.1. The molecule has 4 aliphatic carbocycles. The van der Waals surface area contributed by atoms with Gasteiger partial charge in [-0.3, -0.25) is 14.9 Å². The van der Waals surface area contributed by atoms with E-state index in [4.69, 9.17) is 4.74 Å². The van der Waals surface area contributed by atoms with Crippen LogP contribution in [-0.4, -0.2) is 27.5 Å². The molecule has 148 valence electrons. The van der Waals surface area contributed by atoms with Crippen molar-refractivity contribution in [3.63, 3.8) is 0 Å². The molecule has 7 nitrogen and oxygen atoms in total. The second-order valence-electron chi connectivity index (χ2n) is 9.33. The minimum absolute atomic E-state index is 0.0124. The highest BCUT2D eigenvalue weighted by Crippen LogP contribution is 2.65. The first-order valence-corrected chi connectivity index (χ1v) is 10.1. The highest BCUT2D eigenvalue weighted by atomic mass is 16.6. The van der Waals surface area contributed by atoms with E-state index in [9.17, 15) is 14.9 Å². The zero-order chi connectivity index (χ0) is 19.7. The molecule has 0 N–H and O–H groups in total. The quantitative estimate of drug-likeness (QED) is 0.582. The summed E-state index contributed by atoms with van der Waals surface area (Å²) in [5, 5.41) is 17.2. The van der Waals surface area contributed by atoms with Gasteiger partial charge in [-0.25, -0.2) is 0 Å². The summed E-state index contributed by atoms with van der Waals surface area (Å²) in [6.07, 6.45) is 7.10. The summed E-state index contributed by atoms with van der Waals surface area (Å²) in [6.45, 7) is 3.51. The van der Waals surface area contributed by atoms with E-state index in [0.29, 0.717) is 29.2 Å². The van der Waals surface area contributed by atoms with Gasteiger partial charge in [-0.2, -0.15) is 5.01 Å². The van der Waals surface area contributed by atoms with Crippen LogP contribution in [-0.2, 0) is 9.53 Å². The number of carbonyl (C=O) groups is 1. The third-order valence-electron chi connectivity index (χ3n) is 7.51. The van der Waals surface area contributed by atoms with Crippen LogP contribution in [0.3, 0.4) is 0 Å². The van der Waals surface area contributed by atoms with Gasteiger partial charge < -0.3 is 4.74 Å². The van der Waals surface area contributed by atoms with Gasteiger partial charge in [-0.05, 0) is 69.3 Å². The number of nitro benzene ring substituents is 1. The van der Waals surface area contributed by atoms with Crippen LogP contribution >= 0.6 is 0 Å². The van der Waals surface area contributed by atoms with Crippen LogP contribution in [0.4, 0.5) is 5.69 Å². The molecular weight excluding hydrogens is 358 g/mol. The Kier molecular flexibility index (Phi) is 3.64. The molecule has 1 aliphatic heterocycles. The molecule has 0 spiro atoms. The predicted molar refractivity (Wildman–Crippen MR) is 102 cm³/mol. The Morgan fingerprint density at radius 1 is 1.21 bits per heavy atom. The Balaban J connectivity index is 1.53. The van der Waals surface area contributed by atoms with Gasteiger partial charge in [0.05, 0.1) is 4.92 Å². The minimum Gasteiger partial charge on any atom is -0.447 e. The number of amides is 1. The lowest BCUT2D eigenvalue weighted by Gasteiger charge is -2.61. The van der Waals surface area contributed by atoms with Crippen molar-refractivity contribution in [2.75, 3.05) is 0 Å². The molecule has 4 bridgehead atoms. The number of hydrazone groups is 1. The van der Waals surface area contributed by atoms with E-state index in [1.807, 2.05) is 6.92 Å². The normalized spacial score (nSPS) is 38.3. The van der Waals surface area contributed by atoms with Crippen LogP contribution < -0.4 is 0 Å². The van der Waals surface area contributed by atoms with E-state index in [0.717, 1.165) is 19.3 Å². The maximum atomic E-state index is 12.5. The Labute approximate surface area is 163 Å². The van der Waals surface area contributed by atoms with Crippen LogP contribution in [0.5, 0.6) is 0 Å². The summed E-state index contributed by atoms with van der Waals surface area (Å²) >= 11 is 0. The molecule has 7 heteroatoms. The highest BCUT2D eigenvalue weighted by Gasteiger charge is 2.65. The Hall–Kier alpha value is -2.44. The molecule has 4 fully saturated rings. The van der Waals surface area contributed by atoms with Crippen LogP contribution in [0.15, 0.2) is 29.4 Å². The van der Waals surface area contributed by atoms with E-state index in [-0.39, 0.29) is 17.0 Å². The molecule has 1 amide bonds. The molecule has 1 atom stereocenters. The largest absolute Gasteiger partial charge is 0.447 e.